The SMILES string of the molecule is CCN(CCN=C(N)Nc1ccccc1COC)c1cccc(C)c1.I. The number of ether oxygens (including phenoxy) is 1. The lowest BCUT2D eigenvalue weighted by atomic mass is 10.2. The molecule has 3 N–H and O–H groups in total. The second kappa shape index (κ2) is 11.7. The van der Waals surface area contributed by atoms with Crippen LogP contribution in [0.4, 0.5) is 11.4 Å². The summed E-state index contributed by atoms with van der Waals surface area (Å²) in [7, 11) is 1.68. The molecule has 142 valence electrons. The quantitative estimate of drug-likeness (QED) is 0.349. The molecule has 0 atom stereocenters. The number of hydrogen-bond donors (Lipinski definition) is 2. The van der Waals surface area contributed by atoms with Crippen molar-refractivity contribution >= 4 is 41.3 Å². The largest absolute Gasteiger partial charge is 0.380 e. The Morgan fingerprint density at radius 3 is 2.65 bits per heavy atom. The highest BCUT2D eigenvalue weighted by Crippen LogP contribution is 2.16. The molecule has 0 bridgehead atoms. The number of nitrogens with one attached hydrogen (secondary N) is 1. The van der Waals surface area contributed by atoms with Crippen LogP contribution in [0, 0.1) is 6.92 Å². The van der Waals surface area contributed by atoms with Crippen molar-refractivity contribution in [2.75, 3.05) is 37.0 Å². The Morgan fingerprint density at radius 1 is 1.19 bits per heavy atom. The zero-order valence-corrected chi connectivity index (χ0v) is 18.1. The van der Waals surface area contributed by atoms with Gasteiger partial charge in [-0.25, -0.2) is 0 Å². The normalized spacial score (nSPS) is 11.0. The molecule has 0 saturated carbocycles. The summed E-state index contributed by atoms with van der Waals surface area (Å²) in [4.78, 5) is 6.75. The highest BCUT2D eigenvalue weighted by molar-refractivity contribution is 14.0. The number of hydrogen-bond acceptors (Lipinski definition) is 3. The first-order valence-electron chi connectivity index (χ1n) is 8.59. The standard InChI is InChI=1S/C20H28N4O.HI/c1-4-24(18-10-7-8-16(2)14-18)13-12-22-20(21)23-19-11-6-5-9-17(19)15-25-3;/h5-11,14H,4,12-13,15H2,1-3H3,(H3,21,22,23);1H. The summed E-state index contributed by atoms with van der Waals surface area (Å²) in [6.07, 6.45) is 0. The molecule has 0 spiro atoms. The Hall–Kier alpha value is -1.80. The first-order chi connectivity index (χ1) is 12.1. The van der Waals surface area contributed by atoms with Crippen molar-refractivity contribution in [1.29, 1.82) is 0 Å². The third kappa shape index (κ3) is 6.84. The van der Waals surface area contributed by atoms with Crippen LogP contribution in [-0.4, -0.2) is 32.7 Å². The van der Waals surface area contributed by atoms with Gasteiger partial charge in [0.25, 0.3) is 0 Å². The molecule has 0 amide bonds. The number of methoxy groups -OCH3 is 1. The molecular weight excluding hydrogens is 439 g/mol. The predicted molar refractivity (Wildman–Crippen MR) is 122 cm³/mol. The van der Waals surface area contributed by atoms with Crippen LogP contribution in [-0.2, 0) is 11.3 Å². The maximum atomic E-state index is 6.04. The minimum absolute atomic E-state index is 0. The van der Waals surface area contributed by atoms with Crippen LogP contribution in [0.25, 0.3) is 0 Å². The Labute approximate surface area is 173 Å². The van der Waals surface area contributed by atoms with Gasteiger partial charge in [0.1, 0.15) is 0 Å². The van der Waals surface area contributed by atoms with Crippen LogP contribution in [0.15, 0.2) is 53.5 Å². The van der Waals surface area contributed by atoms with E-state index in [1.54, 1.807) is 7.11 Å². The molecule has 6 heteroatoms. The average Bonchev–Trinajstić information content (AvgIpc) is 2.60. The van der Waals surface area contributed by atoms with Gasteiger partial charge in [-0.1, -0.05) is 30.3 Å². The van der Waals surface area contributed by atoms with Crippen molar-refractivity contribution < 1.29 is 4.74 Å². The van der Waals surface area contributed by atoms with Gasteiger partial charge in [-0.2, -0.15) is 0 Å². The number of halogens is 1. The van der Waals surface area contributed by atoms with Crippen molar-refractivity contribution in [1.82, 2.24) is 0 Å². The predicted octanol–water partition coefficient (Wildman–Crippen LogP) is 4.01. The minimum atomic E-state index is 0. The third-order valence-electron chi connectivity index (χ3n) is 3.98. The lowest BCUT2D eigenvalue weighted by Gasteiger charge is -2.22. The Kier molecular flexibility index (Phi) is 10.0. The van der Waals surface area contributed by atoms with E-state index in [2.05, 4.69) is 53.3 Å². The number of likely N-dealkylation sites (N-methyl/N-ethyl adjacent to an activating group) is 1. The zero-order valence-electron chi connectivity index (χ0n) is 15.7. The van der Waals surface area contributed by atoms with Gasteiger partial charge < -0.3 is 20.7 Å². The minimum Gasteiger partial charge on any atom is -0.380 e. The fraction of sp³-hybridized carbons (Fsp3) is 0.350. The first-order valence-corrected chi connectivity index (χ1v) is 8.59. The third-order valence-corrected chi connectivity index (χ3v) is 3.98. The van der Waals surface area contributed by atoms with E-state index in [0.717, 1.165) is 24.3 Å². The average molecular weight is 468 g/mol. The number of guanidine groups is 1. The van der Waals surface area contributed by atoms with Crippen molar-refractivity contribution in [3.8, 4) is 0 Å². The van der Waals surface area contributed by atoms with Gasteiger partial charge in [-0.15, -0.1) is 24.0 Å². The maximum absolute atomic E-state index is 6.04. The summed E-state index contributed by atoms with van der Waals surface area (Å²) in [5.41, 5.74) is 10.5. The highest BCUT2D eigenvalue weighted by Gasteiger charge is 2.05. The summed E-state index contributed by atoms with van der Waals surface area (Å²) < 4.78 is 5.21. The smallest absolute Gasteiger partial charge is 0.193 e. The Balaban J connectivity index is 0.00000338. The number of anilines is 2. The van der Waals surface area contributed by atoms with E-state index in [0.29, 0.717) is 19.1 Å². The van der Waals surface area contributed by atoms with Gasteiger partial charge >= 0.3 is 0 Å². The summed E-state index contributed by atoms with van der Waals surface area (Å²) in [5, 5.41) is 3.17. The summed E-state index contributed by atoms with van der Waals surface area (Å²) in [6, 6.07) is 16.4. The number of aryl methyl sites for hydroxylation is 1. The molecule has 0 unspecified atom stereocenters. The van der Waals surface area contributed by atoms with E-state index >= 15 is 0 Å². The van der Waals surface area contributed by atoms with Crippen molar-refractivity contribution in [3.63, 3.8) is 0 Å². The van der Waals surface area contributed by atoms with Gasteiger partial charge in [0.05, 0.1) is 13.2 Å². The van der Waals surface area contributed by atoms with Gasteiger partial charge in [-0.3, -0.25) is 4.99 Å². The second-order valence-electron chi connectivity index (χ2n) is 5.90. The van der Waals surface area contributed by atoms with Gasteiger partial charge in [-0.05, 0) is 37.6 Å². The molecular formula is C20H29IN4O. The van der Waals surface area contributed by atoms with Crippen LogP contribution >= 0.6 is 24.0 Å². The molecule has 0 aliphatic carbocycles. The molecule has 0 fully saturated rings. The van der Waals surface area contributed by atoms with Crippen LogP contribution in [0.2, 0.25) is 0 Å². The van der Waals surface area contributed by atoms with Crippen molar-refractivity contribution in [3.05, 3.63) is 59.7 Å². The molecule has 2 rings (SSSR count). The summed E-state index contributed by atoms with van der Waals surface area (Å²) in [6.45, 7) is 7.18. The van der Waals surface area contributed by atoms with Gasteiger partial charge in [0, 0.05) is 37.1 Å². The molecule has 2 aromatic rings. The van der Waals surface area contributed by atoms with Crippen LogP contribution < -0.4 is 16.0 Å². The van der Waals surface area contributed by atoms with Gasteiger partial charge in [0.2, 0.25) is 0 Å². The van der Waals surface area contributed by atoms with E-state index in [9.17, 15) is 0 Å². The second-order valence-corrected chi connectivity index (χ2v) is 5.90. The van der Waals surface area contributed by atoms with Crippen LogP contribution in [0.1, 0.15) is 18.1 Å². The molecule has 0 radical (unpaired) electrons. The number of nitrogens with zero attached hydrogens (tertiary/aromatic N) is 2. The molecule has 2 aromatic carbocycles. The number of rotatable bonds is 8. The van der Waals surface area contributed by atoms with Crippen LogP contribution in [0.3, 0.4) is 0 Å². The van der Waals surface area contributed by atoms with Crippen molar-refractivity contribution in [2.24, 2.45) is 10.7 Å². The van der Waals surface area contributed by atoms with Crippen LogP contribution in [0.5, 0.6) is 0 Å². The fourth-order valence-electron chi connectivity index (χ4n) is 2.69. The molecule has 0 aliphatic heterocycles. The van der Waals surface area contributed by atoms with Gasteiger partial charge in [0.15, 0.2) is 5.96 Å². The first kappa shape index (κ1) is 22.2. The van der Waals surface area contributed by atoms with E-state index in [-0.39, 0.29) is 24.0 Å². The molecule has 5 nitrogen and oxygen atoms in total. The summed E-state index contributed by atoms with van der Waals surface area (Å²) in [5.74, 6) is 0.420. The molecule has 0 aromatic heterocycles. The maximum Gasteiger partial charge on any atom is 0.193 e. The topological polar surface area (TPSA) is 62.9 Å². The summed E-state index contributed by atoms with van der Waals surface area (Å²) >= 11 is 0. The van der Waals surface area contributed by atoms with E-state index in [1.165, 1.54) is 11.3 Å². The van der Waals surface area contributed by atoms with E-state index in [4.69, 9.17) is 10.5 Å². The van der Waals surface area contributed by atoms with E-state index < -0.39 is 0 Å². The Morgan fingerprint density at radius 2 is 1.96 bits per heavy atom. The zero-order chi connectivity index (χ0) is 18.1. The fourth-order valence-corrected chi connectivity index (χ4v) is 2.69. The Bertz CT molecular complexity index is 706. The lowest BCUT2D eigenvalue weighted by Crippen LogP contribution is -2.28. The number of para-hydroxylation sites is 1. The molecule has 0 heterocycles. The number of benzene rings is 2. The molecule has 26 heavy (non-hydrogen) atoms. The molecule has 0 saturated heterocycles. The lowest BCUT2D eigenvalue weighted by molar-refractivity contribution is 0.185. The van der Waals surface area contributed by atoms with E-state index in [1.807, 2.05) is 24.3 Å². The monoisotopic (exact) mass is 468 g/mol. The van der Waals surface area contributed by atoms with Crippen molar-refractivity contribution in [2.45, 2.75) is 20.5 Å². The molecule has 0 aliphatic rings. The number of nitrogens with two attached hydrogens (primary N) is 1. The highest BCUT2D eigenvalue weighted by atomic mass is 127. The number of aliphatic imine (C=N–C) groups is 1.